The minimum Gasteiger partial charge on any atom is -0.310 e. The third-order valence-electron chi connectivity index (χ3n) is 4.43. The van der Waals surface area contributed by atoms with E-state index in [4.69, 9.17) is 4.98 Å². The van der Waals surface area contributed by atoms with Gasteiger partial charge in [-0.05, 0) is 31.2 Å². The van der Waals surface area contributed by atoms with Crippen molar-refractivity contribution in [2.75, 3.05) is 0 Å². The molecular formula is C13H12N6OS. The van der Waals surface area contributed by atoms with Crippen LogP contribution < -0.4 is 5.56 Å². The molecule has 3 aromatic rings. The monoisotopic (exact) mass is 300 g/mol. The van der Waals surface area contributed by atoms with Crippen molar-refractivity contribution in [1.29, 1.82) is 0 Å². The summed E-state index contributed by atoms with van der Waals surface area (Å²) in [6.45, 7) is 0. The van der Waals surface area contributed by atoms with Gasteiger partial charge in [0, 0.05) is 16.7 Å². The summed E-state index contributed by atoms with van der Waals surface area (Å²) in [7, 11) is 0. The minimum absolute atomic E-state index is 0.00756. The Morgan fingerprint density at radius 2 is 2.19 bits per heavy atom. The number of tetrazole rings is 1. The summed E-state index contributed by atoms with van der Waals surface area (Å²) < 4.78 is 0. The van der Waals surface area contributed by atoms with Crippen LogP contribution in [0.3, 0.4) is 0 Å². The van der Waals surface area contributed by atoms with Gasteiger partial charge in [-0.3, -0.25) is 4.79 Å². The average molecular weight is 300 g/mol. The molecule has 7 nitrogen and oxygen atoms in total. The van der Waals surface area contributed by atoms with Crippen LogP contribution in [0.1, 0.15) is 46.8 Å². The molecule has 0 spiro atoms. The fourth-order valence-electron chi connectivity index (χ4n) is 3.30. The highest BCUT2D eigenvalue weighted by atomic mass is 32.1. The molecule has 21 heavy (non-hydrogen) atoms. The molecule has 2 N–H and O–H groups in total. The van der Waals surface area contributed by atoms with Gasteiger partial charge < -0.3 is 4.98 Å². The highest BCUT2D eigenvalue weighted by molar-refractivity contribution is 7.18. The van der Waals surface area contributed by atoms with Crippen molar-refractivity contribution in [2.45, 2.75) is 37.5 Å². The first-order valence-electron chi connectivity index (χ1n) is 7.09. The Labute approximate surface area is 122 Å². The molecule has 1 fully saturated rings. The molecule has 3 aromatic heterocycles. The van der Waals surface area contributed by atoms with Gasteiger partial charge in [0.15, 0.2) is 5.82 Å². The maximum atomic E-state index is 12.4. The number of aromatic nitrogens is 6. The summed E-state index contributed by atoms with van der Waals surface area (Å²) in [5.41, 5.74) is 1.23. The number of aromatic amines is 2. The normalized spacial score (nSPS) is 23.6. The van der Waals surface area contributed by atoms with Crippen molar-refractivity contribution in [2.24, 2.45) is 0 Å². The van der Waals surface area contributed by atoms with Crippen molar-refractivity contribution in [1.82, 2.24) is 30.6 Å². The minimum atomic E-state index is 0.00756. The van der Waals surface area contributed by atoms with Crippen LogP contribution in [0.15, 0.2) is 4.79 Å². The zero-order chi connectivity index (χ0) is 14.0. The van der Waals surface area contributed by atoms with Crippen LogP contribution in [0.5, 0.6) is 0 Å². The molecule has 2 aliphatic rings. The molecule has 5 rings (SSSR count). The maximum absolute atomic E-state index is 12.4. The lowest BCUT2D eigenvalue weighted by atomic mass is 10.2. The number of hydrogen-bond acceptors (Lipinski definition) is 6. The molecule has 1 saturated carbocycles. The van der Waals surface area contributed by atoms with Gasteiger partial charge in [-0.1, -0.05) is 5.21 Å². The largest absolute Gasteiger partial charge is 0.310 e. The Morgan fingerprint density at radius 3 is 3.05 bits per heavy atom. The standard InChI is InChI=1S/C13H12N6OS/c20-12-9-5-2-1-3-8(5)21-13(9)15-10(14-12)6-4-7(6)11-16-18-19-17-11/h6-7H,1-4H2,(H,14,15,20)(H,16,17,18,19)/t6-,7-/m1/s1. The first kappa shape index (κ1) is 11.6. The van der Waals surface area contributed by atoms with Crippen molar-refractivity contribution in [3.8, 4) is 0 Å². The fourth-order valence-corrected chi connectivity index (χ4v) is 4.57. The van der Waals surface area contributed by atoms with Crippen LogP contribution in [-0.2, 0) is 12.8 Å². The van der Waals surface area contributed by atoms with E-state index in [0.717, 1.165) is 41.7 Å². The lowest BCUT2D eigenvalue weighted by Gasteiger charge is -1.99. The summed E-state index contributed by atoms with van der Waals surface area (Å²) in [4.78, 5) is 22.3. The fraction of sp³-hybridized carbons (Fsp3) is 0.462. The molecule has 3 heterocycles. The predicted octanol–water partition coefficient (Wildman–Crippen LogP) is 1.26. The molecule has 0 radical (unpaired) electrons. The summed E-state index contributed by atoms with van der Waals surface area (Å²) >= 11 is 1.68. The quantitative estimate of drug-likeness (QED) is 0.742. The Hall–Kier alpha value is -2.09. The van der Waals surface area contributed by atoms with Crippen LogP contribution >= 0.6 is 11.3 Å². The SMILES string of the molecule is O=c1[nH]c([C@@H]2C[C@H]2c2nn[nH]n2)nc2sc3c(c12)CCC3. The second kappa shape index (κ2) is 3.97. The van der Waals surface area contributed by atoms with Crippen molar-refractivity contribution in [3.63, 3.8) is 0 Å². The molecule has 0 unspecified atom stereocenters. The number of H-pyrrole nitrogens is 2. The van der Waals surface area contributed by atoms with E-state index in [9.17, 15) is 4.79 Å². The molecule has 0 bridgehead atoms. The van der Waals surface area contributed by atoms with Gasteiger partial charge in [-0.15, -0.1) is 21.5 Å². The average Bonchev–Trinajstić information content (AvgIpc) is 2.84. The molecule has 0 saturated heterocycles. The van der Waals surface area contributed by atoms with Crippen molar-refractivity contribution < 1.29 is 0 Å². The van der Waals surface area contributed by atoms with Gasteiger partial charge in [0.2, 0.25) is 0 Å². The third-order valence-corrected chi connectivity index (χ3v) is 5.61. The van der Waals surface area contributed by atoms with Gasteiger partial charge in [0.05, 0.1) is 5.39 Å². The lowest BCUT2D eigenvalue weighted by Crippen LogP contribution is -2.11. The maximum Gasteiger partial charge on any atom is 0.259 e. The van der Waals surface area contributed by atoms with E-state index < -0.39 is 0 Å². The molecule has 0 aromatic carbocycles. The van der Waals surface area contributed by atoms with E-state index in [1.54, 1.807) is 11.3 Å². The van der Waals surface area contributed by atoms with E-state index in [2.05, 4.69) is 25.6 Å². The molecule has 8 heteroatoms. The van der Waals surface area contributed by atoms with Gasteiger partial charge in [0.25, 0.3) is 5.56 Å². The third kappa shape index (κ3) is 1.62. The van der Waals surface area contributed by atoms with Crippen LogP contribution in [0.4, 0.5) is 0 Å². The topological polar surface area (TPSA) is 100 Å². The van der Waals surface area contributed by atoms with Crippen LogP contribution in [0.25, 0.3) is 10.2 Å². The number of fused-ring (bicyclic) bond motifs is 3. The van der Waals surface area contributed by atoms with Crippen LogP contribution in [0.2, 0.25) is 0 Å². The van der Waals surface area contributed by atoms with Crippen molar-refractivity contribution >= 4 is 21.6 Å². The first-order valence-corrected chi connectivity index (χ1v) is 7.90. The van der Waals surface area contributed by atoms with Gasteiger partial charge in [-0.25, -0.2) is 4.98 Å². The zero-order valence-corrected chi connectivity index (χ0v) is 11.9. The zero-order valence-electron chi connectivity index (χ0n) is 11.1. The lowest BCUT2D eigenvalue weighted by molar-refractivity contribution is 0.853. The number of hydrogen-bond donors (Lipinski definition) is 2. The molecule has 0 amide bonds. The second-order valence-electron chi connectivity index (χ2n) is 5.71. The first-order chi connectivity index (χ1) is 10.3. The van der Waals surface area contributed by atoms with Crippen LogP contribution in [0, 0.1) is 0 Å². The van der Waals surface area contributed by atoms with E-state index in [0.29, 0.717) is 5.82 Å². The molecule has 106 valence electrons. The van der Waals surface area contributed by atoms with E-state index >= 15 is 0 Å². The van der Waals surface area contributed by atoms with Crippen LogP contribution in [-0.4, -0.2) is 30.6 Å². The molecular weight excluding hydrogens is 288 g/mol. The second-order valence-corrected chi connectivity index (χ2v) is 6.79. The molecule has 2 atom stereocenters. The number of rotatable bonds is 2. The Kier molecular flexibility index (Phi) is 2.19. The highest BCUT2D eigenvalue weighted by Crippen LogP contribution is 2.52. The van der Waals surface area contributed by atoms with E-state index in [1.165, 1.54) is 10.4 Å². The summed E-state index contributed by atoms with van der Waals surface area (Å²) in [6.07, 6.45) is 4.16. The Morgan fingerprint density at radius 1 is 1.24 bits per heavy atom. The molecule has 2 aliphatic carbocycles. The number of nitrogens with zero attached hydrogens (tertiary/aromatic N) is 4. The van der Waals surface area contributed by atoms with E-state index in [1.807, 2.05) is 0 Å². The summed E-state index contributed by atoms with van der Waals surface area (Å²) in [5, 5.41) is 14.9. The molecule has 0 aliphatic heterocycles. The highest BCUT2D eigenvalue weighted by Gasteiger charge is 2.44. The Bertz CT molecular complexity index is 895. The van der Waals surface area contributed by atoms with E-state index in [-0.39, 0.29) is 17.4 Å². The Balaban J connectivity index is 1.59. The van der Waals surface area contributed by atoms with Crippen molar-refractivity contribution in [3.05, 3.63) is 32.4 Å². The number of aryl methyl sites for hydroxylation is 2. The van der Waals surface area contributed by atoms with Gasteiger partial charge in [-0.2, -0.15) is 5.21 Å². The van der Waals surface area contributed by atoms with Gasteiger partial charge in [0.1, 0.15) is 10.7 Å². The summed E-state index contributed by atoms with van der Waals surface area (Å²) in [6, 6.07) is 0. The van der Waals surface area contributed by atoms with Gasteiger partial charge >= 0.3 is 0 Å². The number of thiophene rings is 1. The predicted molar refractivity (Wildman–Crippen MR) is 76.5 cm³/mol. The smallest absolute Gasteiger partial charge is 0.259 e. The number of nitrogens with one attached hydrogen (secondary N) is 2. The summed E-state index contributed by atoms with van der Waals surface area (Å²) in [5.74, 6) is 1.89.